The molecule has 1 saturated carbocycles. The van der Waals surface area contributed by atoms with Gasteiger partial charge in [0, 0.05) is 19.5 Å². The van der Waals surface area contributed by atoms with Gasteiger partial charge in [0.25, 0.3) is 0 Å². The number of benzene rings is 1. The number of carbonyl (C=O) groups excluding carboxylic acids is 1. The minimum atomic E-state index is 0.310. The summed E-state index contributed by atoms with van der Waals surface area (Å²) in [6.45, 7) is 6.73. The first-order valence-corrected chi connectivity index (χ1v) is 9.90. The standard InChI is InChI=1S/C21H31NO3/c1-3-24-19-13-17-11-12-22(15-18(17)14-20(19)25-4-2)21(23)10-9-16-7-5-6-8-16/h13-14,16H,3-12,15H2,1-2H3. The molecule has 1 fully saturated rings. The minimum absolute atomic E-state index is 0.310. The molecule has 138 valence electrons. The second-order valence-electron chi connectivity index (χ2n) is 7.19. The maximum Gasteiger partial charge on any atom is 0.222 e. The molecule has 3 rings (SSSR count). The molecule has 0 N–H and O–H groups in total. The Morgan fingerprint density at radius 1 is 1.08 bits per heavy atom. The van der Waals surface area contributed by atoms with Crippen molar-refractivity contribution in [1.29, 1.82) is 0 Å². The summed E-state index contributed by atoms with van der Waals surface area (Å²) in [5, 5.41) is 0. The molecule has 25 heavy (non-hydrogen) atoms. The van der Waals surface area contributed by atoms with Crippen LogP contribution in [0.15, 0.2) is 12.1 Å². The van der Waals surface area contributed by atoms with Crippen molar-refractivity contribution in [3.05, 3.63) is 23.3 Å². The molecule has 1 aromatic rings. The number of amides is 1. The predicted molar refractivity (Wildman–Crippen MR) is 99.1 cm³/mol. The fourth-order valence-corrected chi connectivity index (χ4v) is 4.10. The lowest BCUT2D eigenvalue weighted by Crippen LogP contribution is -2.36. The minimum Gasteiger partial charge on any atom is -0.490 e. The molecule has 1 amide bonds. The number of nitrogens with zero attached hydrogens (tertiary/aromatic N) is 1. The fourth-order valence-electron chi connectivity index (χ4n) is 4.10. The summed E-state index contributed by atoms with van der Waals surface area (Å²) in [4.78, 5) is 14.6. The number of hydrogen-bond donors (Lipinski definition) is 0. The lowest BCUT2D eigenvalue weighted by atomic mass is 9.97. The summed E-state index contributed by atoms with van der Waals surface area (Å²) in [6, 6.07) is 4.17. The average molecular weight is 345 g/mol. The Morgan fingerprint density at radius 2 is 1.72 bits per heavy atom. The Kier molecular flexibility index (Phi) is 6.22. The summed E-state index contributed by atoms with van der Waals surface area (Å²) < 4.78 is 11.5. The number of ether oxygens (including phenoxy) is 2. The summed E-state index contributed by atoms with van der Waals surface area (Å²) >= 11 is 0. The van der Waals surface area contributed by atoms with Crippen LogP contribution in [-0.2, 0) is 17.8 Å². The first-order chi connectivity index (χ1) is 12.2. The van der Waals surface area contributed by atoms with Gasteiger partial charge >= 0.3 is 0 Å². The molecule has 1 aliphatic heterocycles. The Bertz CT molecular complexity index is 593. The van der Waals surface area contributed by atoms with E-state index in [4.69, 9.17) is 9.47 Å². The lowest BCUT2D eigenvalue weighted by molar-refractivity contribution is -0.132. The van der Waals surface area contributed by atoms with Gasteiger partial charge < -0.3 is 14.4 Å². The van der Waals surface area contributed by atoms with Gasteiger partial charge in [-0.05, 0) is 55.9 Å². The summed E-state index contributed by atoms with van der Waals surface area (Å²) in [5.41, 5.74) is 2.49. The van der Waals surface area contributed by atoms with Crippen LogP contribution in [0.4, 0.5) is 0 Å². The highest BCUT2D eigenvalue weighted by atomic mass is 16.5. The van der Waals surface area contributed by atoms with Crippen molar-refractivity contribution in [3.63, 3.8) is 0 Å². The number of rotatable bonds is 7. The molecule has 0 radical (unpaired) electrons. The average Bonchev–Trinajstić information content (AvgIpc) is 3.14. The number of fused-ring (bicyclic) bond motifs is 1. The van der Waals surface area contributed by atoms with Gasteiger partial charge in [0.2, 0.25) is 5.91 Å². The molecule has 1 heterocycles. The fraction of sp³-hybridized carbons (Fsp3) is 0.667. The highest BCUT2D eigenvalue weighted by Crippen LogP contribution is 2.34. The molecule has 4 nitrogen and oxygen atoms in total. The Morgan fingerprint density at radius 3 is 2.36 bits per heavy atom. The van der Waals surface area contributed by atoms with E-state index < -0.39 is 0 Å². The monoisotopic (exact) mass is 345 g/mol. The Hall–Kier alpha value is -1.71. The second-order valence-corrected chi connectivity index (χ2v) is 7.19. The molecule has 0 unspecified atom stereocenters. The molecule has 0 bridgehead atoms. The second kappa shape index (κ2) is 8.59. The predicted octanol–water partition coefficient (Wildman–Crippen LogP) is 4.34. The molecule has 0 spiro atoms. The molecule has 4 heteroatoms. The van der Waals surface area contributed by atoms with Crippen molar-refractivity contribution in [2.45, 2.75) is 65.3 Å². The summed E-state index contributed by atoms with van der Waals surface area (Å²) in [7, 11) is 0. The number of hydrogen-bond acceptors (Lipinski definition) is 3. The maximum absolute atomic E-state index is 12.6. The van der Waals surface area contributed by atoms with E-state index in [0.717, 1.165) is 36.8 Å². The first-order valence-electron chi connectivity index (χ1n) is 9.90. The first kappa shape index (κ1) is 18.1. The van der Waals surface area contributed by atoms with Crippen molar-refractivity contribution < 1.29 is 14.3 Å². The third kappa shape index (κ3) is 4.47. The molecule has 1 aliphatic carbocycles. The van der Waals surface area contributed by atoms with Crippen LogP contribution in [-0.4, -0.2) is 30.6 Å². The van der Waals surface area contributed by atoms with E-state index in [1.165, 1.54) is 36.8 Å². The van der Waals surface area contributed by atoms with Crippen LogP contribution >= 0.6 is 0 Å². The van der Waals surface area contributed by atoms with Gasteiger partial charge in [0.15, 0.2) is 11.5 Å². The van der Waals surface area contributed by atoms with Crippen molar-refractivity contribution in [3.8, 4) is 11.5 Å². The van der Waals surface area contributed by atoms with E-state index in [9.17, 15) is 4.79 Å². The number of carbonyl (C=O) groups is 1. The van der Waals surface area contributed by atoms with E-state index >= 15 is 0 Å². The third-order valence-corrected chi connectivity index (χ3v) is 5.47. The zero-order chi connectivity index (χ0) is 17.6. The highest BCUT2D eigenvalue weighted by molar-refractivity contribution is 5.76. The van der Waals surface area contributed by atoms with Gasteiger partial charge in [-0.25, -0.2) is 0 Å². The Labute approximate surface area is 151 Å². The van der Waals surface area contributed by atoms with Crippen LogP contribution in [0.2, 0.25) is 0 Å². The maximum atomic E-state index is 12.6. The quantitative estimate of drug-likeness (QED) is 0.738. The molecule has 1 aromatic carbocycles. The largest absolute Gasteiger partial charge is 0.490 e. The zero-order valence-electron chi connectivity index (χ0n) is 15.7. The van der Waals surface area contributed by atoms with E-state index in [2.05, 4.69) is 12.1 Å². The lowest BCUT2D eigenvalue weighted by Gasteiger charge is -2.30. The van der Waals surface area contributed by atoms with Crippen LogP contribution in [0.1, 0.15) is 63.5 Å². The van der Waals surface area contributed by atoms with Gasteiger partial charge in [0.05, 0.1) is 13.2 Å². The molecule has 0 atom stereocenters. The normalized spacial score (nSPS) is 17.4. The van der Waals surface area contributed by atoms with E-state index in [1.807, 2.05) is 18.7 Å². The molecular formula is C21H31NO3. The van der Waals surface area contributed by atoms with Crippen LogP contribution in [0, 0.1) is 5.92 Å². The molecular weight excluding hydrogens is 314 g/mol. The zero-order valence-corrected chi connectivity index (χ0v) is 15.7. The molecule has 0 aromatic heterocycles. The van der Waals surface area contributed by atoms with Gasteiger partial charge in [-0.1, -0.05) is 25.7 Å². The Balaban J connectivity index is 1.65. The van der Waals surface area contributed by atoms with E-state index in [-0.39, 0.29) is 0 Å². The smallest absolute Gasteiger partial charge is 0.222 e. The van der Waals surface area contributed by atoms with Crippen molar-refractivity contribution >= 4 is 5.91 Å². The van der Waals surface area contributed by atoms with Crippen molar-refractivity contribution in [2.24, 2.45) is 5.92 Å². The van der Waals surface area contributed by atoms with Crippen LogP contribution in [0.5, 0.6) is 11.5 Å². The summed E-state index contributed by atoms with van der Waals surface area (Å²) in [6.07, 6.45) is 7.99. The summed E-state index contributed by atoms with van der Waals surface area (Å²) in [5.74, 6) is 2.70. The molecule has 2 aliphatic rings. The van der Waals surface area contributed by atoms with Gasteiger partial charge in [0.1, 0.15) is 0 Å². The van der Waals surface area contributed by atoms with Gasteiger partial charge in [-0.2, -0.15) is 0 Å². The topological polar surface area (TPSA) is 38.8 Å². The third-order valence-electron chi connectivity index (χ3n) is 5.47. The SMILES string of the molecule is CCOc1cc2c(cc1OCC)CN(C(=O)CCC1CCCC1)CC2. The molecule has 0 saturated heterocycles. The van der Waals surface area contributed by atoms with Gasteiger partial charge in [-0.3, -0.25) is 4.79 Å². The van der Waals surface area contributed by atoms with E-state index in [0.29, 0.717) is 32.1 Å². The van der Waals surface area contributed by atoms with Crippen molar-refractivity contribution in [1.82, 2.24) is 4.90 Å². The van der Waals surface area contributed by atoms with Crippen LogP contribution in [0.3, 0.4) is 0 Å². The van der Waals surface area contributed by atoms with Gasteiger partial charge in [-0.15, -0.1) is 0 Å². The van der Waals surface area contributed by atoms with Crippen LogP contribution in [0.25, 0.3) is 0 Å². The van der Waals surface area contributed by atoms with E-state index in [1.54, 1.807) is 0 Å². The van der Waals surface area contributed by atoms with Crippen molar-refractivity contribution in [2.75, 3.05) is 19.8 Å². The highest BCUT2D eigenvalue weighted by Gasteiger charge is 2.24. The van der Waals surface area contributed by atoms with Crippen LogP contribution < -0.4 is 9.47 Å².